The van der Waals surface area contributed by atoms with Gasteiger partial charge in [0, 0.05) is 11.8 Å². The lowest BCUT2D eigenvalue weighted by atomic mass is 10.0. The van der Waals surface area contributed by atoms with E-state index in [2.05, 4.69) is 15.9 Å². The molecule has 0 spiro atoms. The minimum absolute atomic E-state index is 0.264. The Morgan fingerprint density at radius 1 is 1.60 bits per heavy atom. The molecule has 2 N–H and O–H groups in total. The van der Waals surface area contributed by atoms with E-state index >= 15 is 0 Å². The van der Waals surface area contributed by atoms with Crippen molar-refractivity contribution in [2.24, 2.45) is 5.73 Å². The van der Waals surface area contributed by atoms with Gasteiger partial charge >= 0.3 is 0 Å². The summed E-state index contributed by atoms with van der Waals surface area (Å²) in [6.45, 7) is 1.58. The summed E-state index contributed by atoms with van der Waals surface area (Å²) in [6.07, 6.45) is 1.15. The Morgan fingerprint density at radius 2 is 2.13 bits per heavy atom. The molecule has 0 aromatic carbocycles. The number of rotatable bonds is 1. The molecule has 0 radical (unpaired) electrons. The second kappa shape index (κ2) is 4.15. The van der Waals surface area contributed by atoms with Crippen LogP contribution in [0.1, 0.15) is 6.92 Å². The van der Waals surface area contributed by atoms with E-state index in [1.807, 2.05) is 0 Å². The van der Waals surface area contributed by atoms with E-state index < -0.39 is 25.7 Å². The standard InChI is InChI=1S/C7H7BrN2O4S/c1-3-2-4(10(11)12)7(15(13)14)5(8)6(3)9/h2,5H,9H2,1H3. The molecule has 0 aliphatic heterocycles. The molecular formula is C7H7BrN2O4S. The Labute approximate surface area is 95.3 Å². The molecule has 0 aromatic heterocycles. The van der Waals surface area contributed by atoms with Gasteiger partial charge in [0.15, 0.2) is 4.86 Å². The summed E-state index contributed by atoms with van der Waals surface area (Å²) in [7, 11) is -2.67. The molecule has 1 unspecified atom stereocenters. The first-order valence-corrected chi connectivity index (χ1v) is 5.78. The van der Waals surface area contributed by atoms with Crippen LogP contribution in [0.15, 0.2) is 23.0 Å². The van der Waals surface area contributed by atoms with Crippen molar-refractivity contribution in [2.45, 2.75) is 11.8 Å². The van der Waals surface area contributed by atoms with Gasteiger partial charge in [0.1, 0.15) is 4.83 Å². The third-order valence-corrected chi connectivity index (χ3v) is 4.00. The van der Waals surface area contributed by atoms with Crippen molar-refractivity contribution in [3.05, 3.63) is 33.2 Å². The summed E-state index contributed by atoms with van der Waals surface area (Å²) in [5, 5.41) is 10.6. The minimum atomic E-state index is -2.67. The number of nitro groups is 1. The molecule has 0 saturated carbocycles. The molecule has 0 bridgehead atoms. The Kier molecular flexibility index (Phi) is 3.30. The van der Waals surface area contributed by atoms with Crippen molar-refractivity contribution in [2.75, 3.05) is 0 Å². The van der Waals surface area contributed by atoms with E-state index in [1.54, 1.807) is 6.92 Å². The van der Waals surface area contributed by atoms with Gasteiger partial charge in [0.2, 0.25) is 10.3 Å². The first kappa shape index (κ1) is 11.9. The lowest BCUT2D eigenvalue weighted by molar-refractivity contribution is -0.415. The fourth-order valence-corrected chi connectivity index (χ4v) is 2.80. The molecule has 1 aliphatic carbocycles. The molecule has 15 heavy (non-hydrogen) atoms. The van der Waals surface area contributed by atoms with E-state index in [0.717, 1.165) is 6.08 Å². The highest BCUT2D eigenvalue weighted by Crippen LogP contribution is 2.24. The van der Waals surface area contributed by atoms with E-state index in [9.17, 15) is 18.5 Å². The van der Waals surface area contributed by atoms with E-state index in [4.69, 9.17) is 5.73 Å². The number of nitrogens with two attached hydrogens (primary N) is 1. The van der Waals surface area contributed by atoms with Crippen LogP contribution in [-0.2, 0) is 10.3 Å². The first-order valence-electron chi connectivity index (χ1n) is 3.79. The van der Waals surface area contributed by atoms with E-state index in [-0.39, 0.29) is 10.6 Å². The fraction of sp³-hybridized carbons (Fsp3) is 0.286. The number of alkyl halides is 1. The van der Waals surface area contributed by atoms with E-state index in [1.165, 1.54) is 0 Å². The van der Waals surface area contributed by atoms with Crippen LogP contribution in [0.2, 0.25) is 0 Å². The lowest BCUT2D eigenvalue weighted by Gasteiger charge is -2.15. The molecule has 1 atom stereocenters. The van der Waals surface area contributed by atoms with Gasteiger partial charge in [0.25, 0.3) is 5.70 Å². The number of hydrogen-bond donors (Lipinski definition) is 1. The molecule has 1 rings (SSSR count). The minimum Gasteiger partial charge on any atom is -0.401 e. The zero-order valence-electron chi connectivity index (χ0n) is 7.60. The second-order valence-corrected chi connectivity index (χ2v) is 4.71. The third-order valence-electron chi connectivity index (χ3n) is 1.94. The van der Waals surface area contributed by atoms with Gasteiger partial charge in [-0.25, -0.2) is 0 Å². The SMILES string of the molecule is CC1=C(N)C(Br)C(=S(=O)=O)C([N+](=O)[O-])=C1. The van der Waals surface area contributed by atoms with Gasteiger partial charge in [-0.3, -0.25) is 10.1 Å². The highest BCUT2D eigenvalue weighted by atomic mass is 79.9. The molecular weight excluding hydrogens is 288 g/mol. The zero-order valence-corrected chi connectivity index (χ0v) is 10.0. The molecule has 0 fully saturated rings. The molecule has 82 valence electrons. The van der Waals surface area contributed by atoms with Crippen molar-refractivity contribution in [3.63, 3.8) is 0 Å². The summed E-state index contributed by atoms with van der Waals surface area (Å²) in [5.41, 5.74) is 5.88. The van der Waals surface area contributed by atoms with E-state index in [0.29, 0.717) is 5.57 Å². The Morgan fingerprint density at radius 3 is 2.53 bits per heavy atom. The van der Waals surface area contributed by atoms with Crippen LogP contribution in [0.4, 0.5) is 0 Å². The zero-order chi connectivity index (χ0) is 11.7. The quantitative estimate of drug-likeness (QED) is 0.322. The van der Waals surface area contributed by atoms with Gasteiger partial charge < -0.3 is 5.73 Å². The number of allylic oxidation sites excluding steroid dienone is 4. The van der Waals surface area contributed by atoms with Crippen molar-refractivity contribution < 1.29 is 13.3 Å². The predicted molar refractivity (Wildman–Crippen MR) is 58.6 cm³/mol. The van der Waals surface area contributed by atoms with Crippen LogP contribution in [0.3, 0.4) is 0 Å². The molecule has 0 aromatic rings. The molecule has 8 heteroatoms. The van der Waals surface area contributed by atoms with Crippen LogP contribution in [0.25, 0.3) is 0 Å². The highest BCUT2D eigenvalue weighted by Gasteiger charge is 2.33. The highest BCUT2D eigenvalue weighted by molar-refractivity contribution is 9.10. The maximum Gasteiger partial charge on any atom is 0.289 e. The largest absolute Gasteiger partial charge is 0.401 e. The van der Waals surface area contributed by atoms with Crippen LogP contribution in [-0.4, -0.2) is 23.0 Å². The van der Waals surface area contributed by atoms with Crippen LogP contribution < -0.4 is 5.73 Å². The van der Waals surface area contributed by atoms with Gasteiger partial charge in [0.05, 0.1) is 4.92 Å². The van der Waals surface area contributed by atoms with Crippen molar-refractivity contribution >= 4 is 31.1 Å². The summed E-state index contributed by atoms with van der Waals surface area (Å²) in [5.74, 6) is 0. The predicted octanol–water partition coefficient (Wildman–Crippen LogP) is 0.208. The van der Waals surface area contributed by atoms with Gasteiger partial charge in [-0.05, 0) is 12.5 Å². The summed E-state index contributed by atoms with van der Waals surface area (Å²) in [6, 6.07) is 0. The average Bonchev–Trinajstić information content (AvgIpc) is 2.12. The summed E-state index contributed by atoms with van der Waals surface area (Å²) < 4.78 is 21.7. The van der Waals surface area contributed by atoms with Crippen LogP contribution in [0.5, 0.6) is 0 Å². The lowest BCUT2D eigenvalue weighted by Crippen LogP contribution is -2.31. The van der Waals surface area contributed by atoms with Crippen molar-refractivity contribution in [3.8, 4) is 0 Å². The first-order chi connectivity index (χ1) is 6.86. The fourth-order valence-electron chi connectivity index (χ4n) is 1.14. The number of halogens is 1. The molecule has 0 amide bonds. The second-order valence-electron chi connectivity index (χ2n) is 2.89. The smallest absolute Gasteiger partial charge is 0.289 e. The topological polar surface area (TPSA) is 103 Å². The van der Waals surface area contributed by atoms with Gasteiger partial charge in [-0.1, -0.05) is 15.9 Å². The number of nitrogens with zero attached hydrogens (tertiary/aromatic N) is 1. The average molecular weight is 295 g/mol. The molecule has 6 nitrogen and oxygen atoms in total. The maximum absolute atomic E-state index is 10.8. The van der Waals surface area contributed by atoms with Gasteiger partial charge in [-0.2, -0.15) is 8.42 Å². The Bertz CT molecular complexity index is 509. The Balaban J connectivity index is 3.55. The maximum atomic E-state index is 10.8. The third kappa shape index (κ3) is 2.10. The molecule has 1 aliphatic rings. The number of hydrogen-bond acceptors (Lipinski definition) is 5. The van der Waals surface area contributed by atoms with Crippen molar-refractivity contribution in [1.82, 2.24) is 0 Å². The monoisotopic (exact) mass is 294 g/mol. The van der Waals surface area contributed by atoms with Crippen molar-refractivity contribution in [1.29, 1.82) is 0 Å². The summed E-state index contributed by atoms with van der Waals surface area (Å²) in [4.78, 5) is 8.71. The van der Waals surface area contributed by atoms with Gasteiger partial charge in [-0.15, -0.1) is 0 Å². The van der Waals surface area contributed by atoms with Crippen LogP contribution >= 0.6 is 15.9 Å². The molecule has 0 saturated heterocycles. The summed E-state index contributed by atoms with van der Waals surface area (Å²) >= 11 is 3.01. The Hall–Kier alpha value is -1.15. The normalized spacial score (nSPS) is 21.3. The molecule has 0 heterocycles. The van der Waals surface area contributed by atoms with Crippen LogP contribution in [0, 0.1) is 10.1 Å².